The molecule has 0 radical (unpaired) electrons. The number of aromatic nitrogens is 2. The number of anilines is 2. The van der Waals surface area contributed by atoms with Crippen molar-refractivity contribution >= 4 is 49.6 Å². The number of nitrogens with zero attached hydrogens (tertiary/aromatic N) is 2. The lowest BCUT2D eigenvalue weighted by molar-refractivity contribution is 0.0592. The van der Waals surface area contributed by atoms with Crippen LogP contribution in [0.2, 0.25) is 0 Å². The first kappa shape index (κ1) is 19.8. The topological polar surface area (TPSA) is 82.3 Å². The average Bonchev–Trinajstić information content (AvgIpc) is 3.39. The van der Waals surface area contributed by atoms with Gasteiger partial charge in [-0.05, 0) is 55.6 Å². The van der Waals surface area contributed by atoms with E-state index in [1.807, 2.05) is 38.2 Å². The molecule has 1 aliphatic rings. The SMILES string of the molecule is CC(C)NC(=O)c1cc2ccc(N3CCOC(Nc4ccc5[nH]ncc5c4)C3)cc2s1. The number of carbonyl (C=O) groups is 1. The average molecular weight is 436 g/mol. The van der Waals surface area contributed by atoms with Gasteiger partial charge in [-0.25, -0.2) is 0 Å². The van der Waals surface area contributed by atoms with Crippen molar-refractivity contribution < 1.29 is 9.53 Å². The van der Waals surface area contributed by atoms with Crippen LogP contribution in [0.15, 0.2) is 48.7 Å². The molecule has 5 rings (SSSR count). The van der Waals surface area contributed by atoms with Gasteiger partial charge in [0.15, 0.2) is 0 Å². The van der Waals surface area contributed by atoms with Crippen LogP contribution in [0.25, 0.3) is 21.0 Å². The molecule has 1 unspecified atom stereocenters. The van der Waals surface area contributed by atoms with Crippen LogP contribution in [0, 0.1) is 0 Å². The molecule has 0 aliphatic carbocycles. The molecule has 1 aliphatic heterocycles. The first-order valence-corrected chi connectivity index (χ1v) is 11.3. The minimum Gasteiger partial charge on any atom is -0.365 e. The van der Waals surface area contributed by atoms with Gasteiger partial charge in [-0.15, -0.1) is 11.3 Å². The van der Waals surface area contributed by atoms with Crippen LogP contribution in [0.3, 0.4) is 0 Å². The molecule has 0 bridgehead atoms. The van der Waals surface area contributed by atoms with E-state index in [9.17, 15) is 4.79 Å². The summed E-state index contributed by atoms with van der Waals surface area (Å²) in [5.41, 5.74) is 3.17. The highest BCUT2D eigenvalue weighted by Crippen LogP contribution is 2.31. The Morgan fingerprint density at radius 3 is 3.00 bits per heavy atom. The molecule has 0 spiro atoms. The van der Waals surface area contributed by atoms with Crippen molar-refractivity contribution in [3.8, 4) is 0 Å². The van der Waals surface area contributed by atoms with Gasteiger partial charge in [0.05, 0.1) is 29.7 Å². The minimum atomic E-state index is -0.107. The molecule has 0 saturated carbocycles. The molecule has 1 saturated heterocycles. The number of nitrogens with one attached hydrogen (secondary N) is 3. The Bertz CT molecular complexity index is 1230. The number of fused-ring (bicyclic) bond motifs is 2. The number of hydrogen-bond acceptors (Lipinski definition) is 6. The maximum Gasteiger partial charge on any atom is 0.261 e. The van der Waals surface area contributed by atoms with Crippen molar-refractivity contribution in [2.45, 2.75) is 26.1 Å². The van der Waals surface area contributed by atoms with E-state index in [0.29, 0.717) is 6.61 Å². The van der Waals surface area contributed by atoms with E-state index in [4.69, 9.17) is 4.74 Å². The van der Waals surface area contributed by atoms with E-state index in [0.717, 1.165) is 50.3 Å². The summed E-state index contributed by atoms with van der Waals surface area (Å²) in [4.78, 5) is 15.4. The van der Waals surface area contributed by atoms with E-state index in [1.54, 1.807) is 0 Å². The summed E-state index contributed by atoms with van der Waals surface area (Å²) in [6.07, 6.45) is 1.71. The normalized spacial score (nSPS) is 16.9. The van der Waals surface area contributed by atoms with Gasteiger partial charge in [0.2, 0.25) is 0 Å². The summed E-state index contributed by atoms with van der Waals surface area (Å²) in [5, 5.41) is 15.7. The predicted molar refractivity (Wildman–Crippen MR) is 126 cm³/mol. The van der Waals surface area contributed by atoms with Gasteiger partial charge in [-0.2, -0.15) is 5.10 Å². The van der Waals surface area contributed by atoms with Crippen LogP contribution in [0.4, 0.5) is 11.4 Å². The Hall–Kier alpha value is -3.10. The molecule has 2 aromatic heterocycles. The molecule has 2 aromatic carbocycles. The second-order valence-corrected chi connectivity index (χ2v) is 9.17. The second kappa shape index (κ2) is 8.20. The van der Waals surface area contributed by atoms with Crippen LogP contribution in [0.5, 0.6) is 0 Å². The number of morpholine rings is 1. The summed E-state index contributed by atoms with van der Waals surface area (Å²) in [5.74, 6) is -0.0111. The smallest absolute Gasteiger partial charge is 0.261 e. The number of amides is 1. The summed E-state index contributed by atoms with van der Waals surface area (Å²) >= 11 is 1.54. The molecule has 1 amide bonds. The molecule has 1 fully saturated rings. The van der Waals surface area contributed by atoms with Gasteiger partial charge in [-0.1, -0.05) is 6.07 Å². The molecule has 3 N–H and O–H groups in total. The Morgan fingerprint density at radius 2 is 2.13 bits per heavy atom. The largest absolute Gasteiger partial charge is 0.365 e. The van der Waals surface area contributed by atoms with Crippen LogP contribution in [0.1, 0.15) is 23.5 Å². The molecule has 7 nitrogen and oxygen atoms in total. The second-order valence-electron chi connectivity index (χ2n) is 8.08. The van der Waals surface area contributed by atoms with E-state index in [-0.39, 0.29) is 18.2 Å². The van der Waals surface area contributed by atoms with Crippen LogP contribution in [-0.2, 0) is 4.74 Å². The fraction of sp³-hybridized carbons (Fsp3) is 0.304. The summed E-state index contributed by atoms with van der Waals surface area (Å²) in [6, 6.07) is 14.6. The standard InChI is InChI=1S/C23H25N5O2S/c1-14(2)25-23(29)21-10-15-3-5-18(11-20(15)31-21)28-7-8-30-22(13-28)26-17-4-6-19-16(9-17)12-24-27-19/h3-6,9-12,14,22,26H,7-8,13H2,1-2H3,(H,24,27)(H,25,29). The summed E-state index contributed by atoms with van der Waals surface area (Å²) in [6.45, 7) is 6.16. The van der Waals surface area contributed by atoms with Gasteiger partial charge in [0, 0.05) is 34.0 Å². The third kappa shape index (κ3) is 4.22. The third-order valence-electron chi connectivity index (χ3n) is 5.35. The van der Waals surface area contributed by atoms with Crippen LogP contribution < -0.4 is 15.5 Å². The van der Waals surface area contributed by atoms with Crippen molar-refractivity contribution in [2.75, 3.05) is 29.9 Å². The van der Waals surface area contributed by atoms with Crippen molar-refractivity contribution in [3.05, 3.63) is 53.5 Å². The molecule has 8 heteroatoms. The number of rotatable bonds is 5. The zero-order valence-corrected chi connectivity index (χ0v) is 18.3. The Morgan fingerprint density at radius 1 is 1.23 bits per heavy atom. The Labute approximate surface area is 184 Å². The molecule has 1 atom stereocenters. The maximum absolute atomic E-state index is 12.4. The number of aromatic amines is 1. The molecule has 31 heavy (non-hydrogen) atoms. The lowest BCUT2D eigenvalue weighted by Crippen LogP contribution is -2.46. The minimum absolute atomic E-state index is 0.0111. The van der Waals surface area contributed by atoms with Crippen LogP contribution >= 0.6 is 11.3 Å². The number of H-pyrrole nitrogens is 1. The Balaban J connectivity index is 1.31. The van der Waals surface area contributed by atoms with Crippen molar-refractivity contribution in [2.24, 2.45) is 0 Å². The van der Waals surface area contributed by atoms with E-state index in [2.05, 4.69) is 50.0 Å². The van der Waals surface area contributed by atoms with E-state index < -0.39 is 0 Å². The number of carbonyl (C=O) groups excluding carboxylic acids is 1. The third-order valence-corrected chi connectivity index (χ3v) is 6.44. The lowest BCUT2D eigenvalue weighted by atomic mass is 10.2. The highest BCUT2D eigenvalue weighted by atomic mass is 32.1. The number of hydrogen-bond donors (Lipinski definition) is 3. The highest BCUT2D eigenvalue weighted by molar-refractivity contribution is 7.20. The number of thiophene rings is 1. The van der Waals surface area contributed by atoms with Crippen molar-refractivity contribution in [3.63, 3.8) is 0 Å². The first-order chi connectivity index (χ1) is 15.0. The molecular formula is C23H25N5O2S. The summed E-state index contributed by atoms with van der Waals surface area (Å²) in [7, 11) is 0. The van der Waals surface area contributed by atoms with E-state index in [1.165, 1.54) is 11.3 Å². The highest BCUT2D eigenvalue weighted by Gasteiger charge is 2.21. The van der Waals surface area contributed by atoms with Crippen molar-refractivity contribution in [1.29, 1.82) is 0 Å². The summed E-state index contributed by atoms with van der Waals surface area (Å²) < 4.78 is 7.08. The lowest BCUT2D eigenvalue weighted by Gasteiger charge is -2.35. The van der Waals surface area contributed by atoms with Gasteiger partial charge in [0.25, 0.3) is 5.91 Å². The molecule has 4 aromatic rings. The van der Waals surface area contributed by atoms with Crippen molar-refractivity contribution in [1.82, 2.24) is 15.5 Å². The van der Waals surface area contributed by atoms with Gasteiger partial charge < -0.3 is 20.3 Å². The molecule has 3 heterocycles. The zero-order chi connectivity index (χ0) is 21.4. The van der Waals surface area contributed by atoms with Gasteiger partial charge in [-0.3, -0.25) is 9.89 Å². The molecular weight excluding hydrogens is 410 g/mol. The monoisotopic (exact) mass is 435 g/mol. The quantitative estimate of drug-likeness (QED) is 0.438. The zero-order valence-electron chi connectivity index (χ0n) is 17.5. The fourth-order valence-electron chi connectivity index (χ4n) is 3.85. The van der Waals surface area contributed by atoms with Gasteiger partial charge in [0.1, 0.15) is 6.23 Å². The number of benzene rings is 2. The first-order valence-electron chi connectivity index (χ1n) is 10.5. The molecule has 160 valence electrons. The fourth-order valence-corrected chi connectivity index (χ4v) is 4.85. The Kier molecular flexibility index (Phi) is 5.25. The van der Waals surface area contributed by atoms with Crippen LogP contribution in [-0.4, -0.2) is 48.1 Å². The van der Waals surface area contributed by atoms with Gasteiger partial charge >= 0.3 is 0 Å². The number of ether oxygens (including phenoxy) is 1. The maximum atomic E-state index is 12.4. The predicted octanol–water partition coefficient (Wildman–Crippen LogP) is 4.19. The van der Waals surface area contributed by atoms with E-state index >= 15 is 0 Å².